The molecule has 0 aliphatic rings. The zero-order valence-electron chi connectivity index (χ0n) is 35.3. The van der Waals surface area contributed by atoms with Gasteiger partial charge in [-0.3, -0.25) is 0 Å². The van der Waals surface area contributed by atoms with Crippen LogP contribution in [0.15, 0.2) is 132 Å². The molecule has 1 heterocycles. The highest BCUT2D eigenvalue weighted by Gasteiger charge is 2.29. The average Bonchev–Trinajstić information content (AvgIpc) is 3.50. The van der Waals surface area contributed by atoms with E-state index in [0.29, 0.717) is 5.02 Å². The minimum absolute atomic E-state index is 0.00680. The predicted octanol–water partition coefficient (Wildman–Crippen LogP) is 16.4. The molecule has 7 rings (SSSR count). The molecule has 0 radical (unpaired) electrons. The van der Waals surface area contributed by atoms with Crippen LogP contribution in [0.2, 0.25) is 5.02 Å². The molecule has 0 spiro atoms. The van der Waals surface area contributed by atoms with Gasteiger partial charge < -0.3 is 14.2 Å². The van der Waals surface area contributed by atoms with Gasteiger partial charge in [-0.25, -0.2) is 0 Å². The number of para-hydroxylation sites is 1. The van der Waals surface area contributed by atoms with Gasteiger partial charge in [0.1, 0.15) is 11.3 Å². The van der Waals surface area contributed by atoms with Crippen molar-refractivity contribution in [3.63, 3.8) is 0 Å². The van der Waals surface area contributed by atoms with Crippen molar-refractivity contribution >= 4 is 67.7 Å². The van der Waals surface area contributed by atoms with E-state index in [-0.39, 0.29) is 21.7 Å². The van der Waals surface area contributed by atoms with Crippen molar-refractivity contribution < 1.29 is 4.42 Å². The summed E-state index contributed by atoms with van der Waals surface area (Å²) in [5.41, 5.74) is 12.4. The van der Waals surface area contributed by atoms with E-state index in [1.807, 2.05) is 12.1 Å². The van der Waals surface area contributed by atoms with Crippen LogP contribution in [0.25, 0.3) is 21.9 Å². The first kappa shape index (κ1) is 39.3. The van der Waals surface area contributed by atoms with E-state index in [4.69, 9.17) is 16.0 Å². The molecule has 0 atom stereocenters. The van der Waals surface area contributed by atoms with Gasteiger partial charge in [-0.1, -0.05) is 161 Å². The molecular weight excluding hydrogens is 704 g/mol. The van der Waals surface area contributed by atoms with E-state index in [1.54, 1.807) is 0 Å². The van der Waals surface area contributed by atoms with Crippen molar-refractivity contribution in [2.75, 3.05) is 9.80 Å². The van der Waals surface area contributed by atoms with Gasteiger partial charge in [0.25, 0.3) is 0 Å². The molecule has 0 saturated heterocycles. The number of hydrogen-bond donors (Lipinski definition) is 0. The zero-order valence-corrected chi connectivity index (χ0v) is 36.1. The molecule has 0 aliphatic carbocycles. The Balaban J connectivity index is 1.56. The highest BCUT2D eigenvalue weighted by molar-refractivity contribution is 6.39. The van der Waals surface area contributed by atoms with Gasteiger partial charge in [0, 0.05) is 33.5 Å². The Bertz CT molecular complexity index is 2360. The molecule has 0 bridgehead atoms. The van der Waals surface area contributed by atoms with Crippen molar-refractivity contribution in [3.8, 4) is 0 Å². The quantitative estimate of drug-likeness (QED) is 0.168. The van der Waals surface area contributed by atoms with Gasteiger partial charge in [0.15, 0.2) is 5.58 Å². The molecule has 0 fully saturated rings. The summed E-state index contributed by atoms with van der Waals surface area (Å²) in [5, 5.41) is 2.63. The van der Waals surface area contributed by atoms with Gasteiger partial charge in [-0.15, -0.1) is 0 Å². The van der Waals surface area contributed by atoms with Crippen LogP contribution in [0.4, 0.5) is 34.1 Å². The summed E-state index contributed by atoms with van der Waals surface area (Å²) in [6.07, 6.45) is 0. The molecule has 7 aromatic rings. The molecule has 1 aromatic heterocycles. The molecule has 0 amide bonds. The number of hydrogen-bond acceptors (Lipinski definition) is 3. The van der Waals surface area contributed by atoms with Gasteiger partial charge in [-0.05, 0) is 105 Å². The first-order valence-corrected chi connectivity index (χ1v) is 20.3. The summed E-state index contributed by atoms with van der Waals surface area (Å²) in [4.78, 5) is 4.58. The largest absolute Gasteiger partial charge is 0.454 e. The van der Waals surface area contributed by atoms with Crippen LogP contribution >= 0.6 is 11.6 Å². The second-order valence-electron chi connectivity index (χ2n) is 19.4. The Hall–Kier alpha value is -4.99. The third-order valence-corrected chi connectivity index (χ3v) is 11.4. The lowest BCUT2D eigenvalue weighted by Gasteiger charge is -2.32. The van der Waals surface area contributed by atoms with Crippen LogP contribution in [-0.2, 0) is 21.7 Å². The lowest BCUT2D eigenvalue weighted by molar-refractivity contribution is 0.590. The van der Waals surface area contributed by atoms with Gasteiger partial charge in [0.05, 0.1) is 10.7 Å². The number of furan rings is 1. The van der Waals surface area contributed by atoms with Gasteiger partial charge >= 0.3 is 0 Å². The second kappa shape index (κ2) is 14.2. The third kappa shape index (κ3) is 7.59. The standard InChI is InChI=1S/C52H57ClN2O/c1-49(2,3)34-17-25-38(26-18-34)54(39-27-19-35(20-28-39)50(4,5)6)44-33-43-42-15-13-14-16-45(42)56-48(43)47(46(44)53)55(40-29-21-36(22-30-40)51(7,8)9)41-31-23-37(24-32-41)52(10,11)12/h13-33H,1-12H3. The maximum absolute atomic E-state index is 7.98. The number of halogens is 1. The molecule has 288 valence electrons. The fourth-order valence-corrected chi connectivity index (χ4v) is 7.75. The Morgan fingerprint density at radius 2 is 0.750 bits per heavy atom. The second-order valence-corrected chi connectivity index (χ2v) is 19.8. The first-order chi connectivity index (χ1) is 26.2. The number of nitrogens with zero attached hydrogens (tertiary/aromatic N) is 2. The Morgan fingerprint density at radius 1 is 0.411 bits per heavy atom. The topological polar surface area (TPSA) is 19.6 Å². The average molecular weight is 761 g/mol. The van der Waals surface area contributed by atoms with E-state index < -0.39 is 0 Å². The van der Waals surface area contributed by atoms with E-state index in [2.05, 4.69) is 208 Å². The van der Waals surface area contributed by atoms with E-state index >= 15 is 0 Å². The summed E-state index contributed by atoms with van der Waals surface area (Å²) >= 11 is 7.98. The van der Waals surface area contributed by atoms with Crippen LogP contribution in [0.3, 0.4) is 0 Å². The first-order valence-electron chi connectivity index (χ1n) is 19.9. The Morgan fingerprint density at radius 3 is 1.11 bits per heavy atom. The fourth-order valence-electron chi connectivity index (χ4n) is 7.44. The lowest BCUT2D eigenvalue weighted by atomic mass is 9.86. The molecule has 0 unspecified atom stereocenters. The summed E-state index contributed by atoms with van der Waals surface area (Å²) in [6.45, 7) is 27.0. The predicted molar refractivity (Wildman–Crippen MR) is 243 cm³/mol. The zero-order chi connectivity index (χ0) is 40.4. The highest BCUT2D eigenvalue weighted by atomic mass is 35.5. The van der Waals surface area contributed by atoms with Gasteiger partial charge in [0.2, 0.25) is 0 Å². The van der Waals surface area contributed by atoms with Crippen molar-refractivity contribution in [2.24, 2.45) is 0 Å². The molecular formula is C52H57ClN2O. The smallest absolute Gasteiger partial charge is 0.161 e. The van der Waals surface area contributed by atoms with Crippen LogP contribution in [0.1, 0.15) is 105 Å². The van der Waals surface area contributed by atoms with E-state index in [9.17, 15) is 0 Å². The monoisotopic (exact) mass is 760 g/mol. The number of fused-ring (bicyclic) bond motifs is 3. The Kier molecular flexibility index (Phi) is 9.95. The molecule has 0 saturated carbocycles. The van der Waals surface area contributed by atoms with Crippen molar-refractivity contribution in [1.82, 2.24) is 0 Å². The van der Waals surface area contributed by atoms with Crippen molar-refractivity contribution in [1.29, 1.82) is 0 Å². The number of rotatable bonds is 6. The highest BCUT2D eigenvalue weighted by Crippen LogP contribution is 2.52. The van der Waals surface area contributed by atoms with Crippen molar-refractivity contribution in [3.05, 3.63) is 155 Å². The molecule has 0 aliphatic heterocycles. The lowest BCUT2D eigenvalue weighted by Crippen LogP contribution is -2.17. The summed E-state index contributed by atoms with van der Waals surface area (Å²) in [7, 11) is 0. The van der Waals surface area contributed by atoms with E-state index in [1.165, 1.54) is 22.3 Å². The maximum atomic E-state index is 7.98. The Labute approximate surface area is 339 Å². The minimum atomic E-state index is 0.00680. The summed E-state index contributed by atoms with van der Waals surface area (Å²) < 4.78 is 6.85. The van der Waals surface area contributed by atoms with Crippen LogP contribution in [0.5, 0.6) is 0 Å². The maximum Gasteiger partial charge on any atom is 0.161 e. The van der Waals surface area contributed by atoms with Crippen LogP contribution in [-0.4, -0.2) is 0 Å². The minimum Gasteiger partial charge on any atom is -0.454 e. The number of anilines is 6. The van der Waals surface area contributed by atoms with Crippen LogP contribution < -0.4 is 9.80 Å². The molecule has 6 aromatic carbocycles. The normalized spacial score (nSPS) is 12.7. The SMILES string of the molecule is CC(C)(C)c1ccc(N(c2ccc(C(C)(C)C)cc2)c2cc3c(oc4ccccc43)c(N(c3ccc(C(C)(C)C)cc3)c3ccc(C(C)(C)C)cc3)c2Cl)cc1. The van der Waals surface area contributed by atoms with Gasteiger partial charge in [-0.2, -0.15) is 0 Å². The summed E-state index contributed by atoms with van der Waals surface area (Å²) in [6, 6.07) is 46.2. The van der Waals surface area contributed by atoms with Crippen LogP contribution in [0, 0.1) is 0 Å². The molecule has 3 nitrogen and oxygen atoms in total. The molecule has 0 N–H and O–H groups in total. The molecule has 56 heavy (non-hydrogen) atoms. The van der Waals surface area contributed by atoms with E-state index in [0.717, 1.165) is 56.1 Å². The third-order valence-electron chi connectivity index (χ3n) is 11.0. The fraction of sp³-hybridized carbons (Fsp3) is 0.308. The summed E-state index contributed by atoms with van der Waals surface area (Å²) in [5.74, 6) is 0. The molecule has 4 heteroatoms. The van der Waals surface area contributed by atoms with Crippen molar-refractivity contribution in [2.45, 2.75) is 105 Å². The number of benzene rings is 6.